The summed E-state index contributed by atoms with van der Waals surface area (Å²) >= 11 is 3.37. The van der Waals surface area contributed by atoms with Crippen molar-refractivity contribution in [2.75, 3.05) is 7.11 Å². The smallest absolute Gasteiger partial charge is 0.307 e. The summed E-state index contributed by atoms with van der Waals surface area (Å²) in [4.78, 5) is 21.7. The molecular formula is C11H12BrNO3. The molecule has 0 aliphatic carbocycles. The second-order valence-electron chi connectivity index (χ2n) is 3.14. The lowest BCUT2D eigenvalue weighted by atomic mass is 10.0. The maximum Gasteiger partial charge on any atom is 0.307 e. The van der Waals surface area contributed by atoms with Gasteiger partial charge in [-0.25, -0.2) is 0 Å². The minimum atomic E-state index is -0.375. The number of methoxy groups -OCH3 is 1. The number of amides is 1. The van der Waals surface area contributed by atoms with E-state index in [0.717, 1.165) is 10.0 Å². The fourth-order valence-corrected chi connectivity index (χ4v) is 1.91. The summed E-state index contributed by atoms with van der Waals surface area (Å²) in [5.74, 6) is -0.366. The number of nitrogens with one attached hydrogen (secondary N) is 1. The summed E-state index contributed by atoms with van der Waals surface area (Å²) in [7, 11) is 1.32. The van der Waals surface area contributed by atoms with Crippen molar-refractivity contribution in [3.8, 4) is 0 Å². The van der Waals surface area contributed by atoms with Crippen LogP contribution in [0.1, 0.15) is 18.0 Å². The number of hydrogen-bond donors (Lipinski definition) is 1. The van der Waals surface area contributed by atoms with E-state index < -0.39 is 0 Å². The lowest BCUT2D eigenvalue weighted by Crippen LogP contribution is -2.23. The van der Waals surface area contributed by atoms with Crippen molar-refractivity contribution in [2.24, 2.45) is 0 Å². The summed E-state index contributed by atoms with van der Waals surface area (Å²) in [6.45, 7) is 0. The molecule has 0 spiro atoms. The number of halogens is 1. The predicted molar refractivity (Wildman–Crippen MR) is 62.7 cm³/mol. The molecule has 1 N–H and O–H groups in total. The van der Waals surface area contributed by atoms with Gasteiger partial charge in [0.15, 0.2) is 0 Å². The zero-order valence-electron chi connectivity index (χ0n) is 8.77. The first kappa shape index (κ1) is 12.7. The van der Waals surface area contributed by atoms with Crippen LogP contribution in [0.3, 0.4) is 0 Å². The van der Waals surface area contributed by atoms with Gasteiger partial charge in [-0.15, -0.1) is 0 Å². The van der Waals surface area contributed by atoms with Gasteiger partial charge in [0, 0.05) is 4.47 Å². The van der Waals surface area contributed by atoms with Crippen molar-refractivity contribution in [3.63, 3.8) is 0 Å². The van der Waals surface area contributed by atoms with Gasteiger partial charge in [-0.05, 0) is 11.6 Å². The van der Waals surface area contributed by atoms with Gasteiger partial charge in [0.2, 0.25) is 6.41 Å². The first-order valence-corrected chi connectivity index (χ1v) is 5.49. The van der Waals surface area contributed by atoms with Crippen LogP contribution in [0, 0.1) is 0 Å². The fraction of sp³-hybridized carbons (Fsp3) is 0.273. The highest BCUT2D eigenvalue weighted by Gasteiger charge is 2.17. The van der Waals surface area contributed by atoms with Gasteiger partial charge in [-0.3, -0.25) is 9.59 Å². The quantitative estimate of drug-likeness (QED) is 0.663. The summed E-state index contributed by atoms with van der Waals surface area (Å²) in [5, 5.41) is 2.59. The monoisotopic (exact) mass is 285 g/mol. The van der Waals surface area contributed by atoms with Crippen LogP contribution >= 0.6 is 15.9 Å². The topological polar surface area (TPSA) is 55.4 Å². The molecule has 0 heterocycles. The second-order valence-corrected chi connectivity index (χ2v) is 3.99. The molecule has 0 radical (unpaired) electrons. The Morgan fingerprint density at radius 2 is 2.25 bits per heavy atom. The van der Waals surface area contributed by atoms with Gasteiger partial charge in [-0.2, -0.15) is 0 Å². The highest BCUT2D eigenvalue weighted by atomic mass is 79.9. The minimum absolute atomic E-state index is 0.109. The van der Waals surface area contributed by atoms with Gasteiger partial charge in [0.25, 0.3) is 0 Å². The summed E-state index contributed by atoms with van der Waals surface area (Å²) in [6, 6.07) is 7.03. The molecule has 4 nitrogen and oxygen atoms in total. The van der Waals surface area contributed by atoms with Crippen molar-refractivity contribution < 1.29 is 14.3 Å². The van der Waals surface area contributed by atoms with E-state index in [1.54, 1.807) is 0 Å². The minimum Gasteiger partial charge on any atom is -0.469 e. The molecule has 16 heavy (non-hydrogen) atoms. The fourth-order valence-electron chi connectivity index (χ4n) is 1.35. The molecular weight excluding hydrogens is 274 g/mol. The molecule has 0 saturated heterocycles. The third kappa shape index (κ3) is 3.34. The van der Waals surface area contributed by atoms with E-state index in [9.17, 15) is 9.59 Å². The van der Waals surface area contributed by atoms with Crippen LogP contribution in [0.25, 0.3) is 0 Å². The van der Waals surface area contributed by atoms with Gasteiger partial charge < -0.3 is 10.1 Å². The number of carbonyl (C=O) groups excluding carboxylic acids is 2. The van der Waals surface area contributed by atoms with Crippen molar-refractivity contribution in [1.29, 1.82) is 0 Å². The SMILES string of the molecule is COC(=O)CC(NC=O)c1ccccc1Br. The number of hydrogen-bond acceptors (Lipinski definition) is 3. The number of carbonyl (C=O) groups is 2. The molecule has 86 valence electrons. The number of benzene rings is 1. The third-order valence-electron chi connectivity index (χ3n) is 2.15. The summed E-state index contributed by atoms with van der Waals surface area (Å²) in [6.07, 6.45) is 0.685. The first-order chi connectivity index (χ1) is 7.69. The maximum atomic E-state index is 11.2. The molecule has 0 aliphatic rings. The molecule has 1 unspecified atom stereocenters. The zero-order chi connectivity index (χ0) is 12.0. The molecule has 0 aromatic heterocycles. The zero-order valence-corrected chi connectivity index (χ0v) is 10.4. The van der Waals surface area contributed by atoms with Crippen LogP contribution in [0.2, 0.25) is 0 Å². The average molecular weight is 286 g/mol. The third-order valence-corrected chi connectivity index (χ3v) is 2.87. The molecule has 1 atom stereocenters. The van der Waals surface area contributed by atoms with Crippen LogP contribution in [-0.4, -0.2) is 19.5 Å². The lowest BCUT2D eigenvalue weighted by Gasteiger charge is -2.16. The van der Waals surface area contributed by atoms with Gasteiger partial charge in [-0.1, -0.05) is 34.1 Å². The number of ether oxygens (including phenoxy) is 1. The molecule has 1 aromatic carbocycles. The first-order valence-electron chi connectivity index (χ1n) is 4.70. The average Bonchev–Trinajstić information content (AvgIpc) is 2.29. The Morgan fingerprint density at radius 1 is 1.56 bits per heavy atom. The Bertz CT molecular complexity index is 381. The molecule has 1 amide bonds. The van der Waals surface area contributed by atoms with Crippen LogP contribution in [0.15, 0.2) is 28.7 Å². The molecule has 0 aliphatic heterocycles. The van der Waals surface area contributed by atoms with Gasteiger partial charge >= 0.3 is 5.97 Å². The standard InChI is InChI=1S/C11H12BrNO3/c1-16-11(15)6-10(13-7-14)8-4-2-3-5-9(8)12/h2-5,7,10H,6H2,1H3,(H,13,14). The molecule has 0 saturated carbocycles. The largest absolute Gasteiger partial charge is 0.469 e. The Kier molecular flexibility index (Phi) is 4.98. The van der Waals surface area contributed by atoms with Crippen molar-refractivity contribution in [3.05, 3.63) is 34.3 Å². The number of rotatable bonds is 5. The molecule has 1 rings (SSSR count). The molecule has 1 aromatic rings. The Morgan fingerprint density at radius 3 is 2.81 bits per heavy atom. The number of esters is 1. The molecule has 0 bridgehead atoms. The van der Waals surface area contributed by atoms with Crippen molar-refractivity contribution in [2.45, 2.75) is 12.5 Å². The van der Waals surface area contributed by atoms with Crippen LogP contribution in [-0.2, 0) is 14.3 Å². The van der Waals surface area contributed by atoms with E-state index >= 15 is 0 Å². The highest BCUT2D eigenvalue weighted by molar-refractivity contribution is 9.10. The lowest BCUT2D eigenvalue weighted by molar-refractivity contribution is -0.141. The van der Waals surface area contributed by atoms with Gasteiger partial charge in [0.1, 0.15) is 0 Å². The second kappa shape index (κ2) is 6.27. The Balaban J connectivity index is 2.89. The van der Waals surface area contributed by atoms with E-state index in [-0.39, 0.29) is 18.4 Å². The molecule has 0 fully saturated rings. The Labute approximate surface area is 102 Å². The maximum absolute atomic E-state index is 11.2. The summed E-state index contributed by atoms with van der Waals surface area (Å²) in [5.41, 5.74) is 0.847. The van der Waals surface area contributed by atoms with Gasteiger partial charge in [0.05, 0.1) is 19.6 Å². The van der Waals surface area contributed by atoms with E-state index in [1.807, 2.05) is 24.3 Å². The van der Waals surface area contributed by atoms with E-state index in [4.69, 9.17) is 0 Å². The predicted octanol–water partition coefficient (Wildman–Crippen LogP) is 1.80. The normalized spacial score (nSPS) is 11.6. The van der Waals surface area contributed by atoms with Crippen LogP contribution in [0.5, 0.6) is 0 Å². The van der Waals surface area contributed by atoms with Crippen LogP contribution in [0.4, 0.5) is 0 Å². The summed E-state index contributed by atoms with van der Waals surface area (Å²) < 4.78 is 5.42. The Hall–Kier alpha value is -1.36. The van der Waals surface area contributed by atoms with E-state index in [0.29, 0.717) is 6.41 Å². The van der Waals surface area contributed by atoms with E-state index in [2.05, 4.69) is 26.0 Å². The molecule has 5 heteroatoms. The van der Waals surface area contributed by atoms with E-state index in [1.165, 1.54) is 7.11 Å². The van der Waals surface area contributed by atoms with Crippen LogP contribution < -0.4 is 5.32 Å². The highest BCUT2D eigenvalue weighted by Crippen LogP contribution is 2.25. The van der Waals surface area contributed by atoms with Crippen molar-refractivity contribution >= 4 is 28.3 Å². The van der Waals surface area contributed by atoms with Crippen molar-refractivity contribution in [1.82, 2.24) is 5.32 Å².